The van der Waals surface area contributed by atoms with Gasteiger partial charge in [-0.15, -0.1) is 0 Å². The zero-order valence-electron chi connectivity index (χ0n) is 18.5. The van der Waals surface area contributed by atoms with Crippen LogP contribution < -0.4 is 10.6 Å². The molecule has 0 radical (unpaired) electrons. The van der Waals surface area contributed by atoms with Gasteiger partial charge >= 0.3 is 0 Å². The minimum atomic E-state index is -0.774. The van der Waals surface area contributed by atoms with E-state index in [9.17, 15) is 8.78 Å². The molecule has 2 N–H and O–H groups in total. The van der Waals surface area contributed by atoms with Crippen LogP contribution in [0.3, 0.4) is 0 Å². The Balaban J connectivity index is 1.54. The number of ether oxygens (including phenoxy) is 1. The number of imidazole rings is 1. The Bertz CT molecular complexity index is 1130. The van der Waals surface area contributed by atoms with Crippen molar-refractivity contribution < 1.29 is 13.5 Å². The third-order valence-electron chi connectivity index (χ3n) is 6.57. The summed E-state index contributed by atoms with van der Waals surface area (Å²) in [6, 6.07) is 2.51. The maximum Gasteiger partial charge on any atom is 0.224 e. The van der Waals surface area contributed by atoms with E-state index in [0.717, 1.165) is 44.2 Å². The van der Waals surface area contributed by atoms with Gasteiger partial charge in [-0.3, -0.25) is 4.57 Å². The van der Waals surface area contributed by atoms with Crippen LogP contribution in [0.5, 0.6) is 0 Å². The maximum absolute atomic E-state index is 14.5. The molecule has 1 aromatic carbocycles. The van der Waals surface area contributed by atoms with Crippen LogP contribution in [-0.4, -0.2) is 38.8 Å². The number of aromatic nitrogens is 4. The molecule has 3 aromatic rings. The first-order valence-electron chi connectivity index (χ1n) is 11.5. The van der Waals surface area contributed by atoms with Crippen molar-refractivity contribution in [1.82, 2.24) is 19.5 Å². The molecule has 2 atom stereocenters. The molecule has 3 heterocycles. The lowest BCUT2D eigenvalue weighted by Gasteiger charge is -2.29. The molecule has 0 spiro atoms. The van der Waals surface area contributed by atoms with Gasteiger partial charge in [0.15, 0.2) is 17.3 Å². The topological polar surface area (TPSA) is 76.9 Å². The number of hydrogen-bond acceptors (Lipinski definition) is 6. The highest BCUT2D eigenvalue weighted by atomic mass is 35.5. The molecule has 1 saturated carbocycles. The monoisotopic (exact) mass is 476 g/mol. The van der Waals surface area contributed by atoms with Gasteiger partial charge in [-0.05, 0) is 37.3 Å². The van der Waals surface area contributed by atoms with E-state index in [1.807, 2.05) is 4.57 Å². The Labute approximate surface area is 195 Å². The number of halogens is 3. The van der Waals surface area contributed by atoms with Crippen molar-refractivity contribution in [2.45, 2.75) is 57.5 Å². The van der Waals surface area contributed by atoms with Gasteiger partial charge < -0.3 is 15.4 Å². The SMILES string of the molecule is C[C@@H]1COCC[C@@H]1Nc1ncc2nc(Nc3c(F)cc(Cl)cc3F)n(C3CCCCC3)c2n1. The number of rotatable bonds is 5. The van der Waals surface area contributed by atoms with Gasteiger partial charge in [-0.2, -0.15) is 4.98 Å². The van der Waals surface area contributed by atoms with E-state index in [1.165, 1.54) is 6.42 Å². The molecule has 2 aliphatic rings. The molecule has 7 nitrogen and oxygen atoms in total. The molecule has 0 bridgehead atoms. The van der Waals surface area contributed by atoms with E-state index in [2.05, 4.69) is 27.5 Å². The Hall–Kier alpha value is -2.52. The number of nitrogens with zero attached hydrogens (tertiary/aromatic N) is 4. The van der Waals surface area contributed by atoms with Crippen molar-refractivity contribution >= 4 is 40.3 Å². The average molecular weight is 477 g/mol. The van der Waals surface area contributed by atoms with E-state index in [0.29, 0.717) is 42.2 Å². The smallest absolute Gasteiger partial charge is 0.224 e. The van der Waals surface area contributed by atoms with E-state index in [-0.39, 0.29) is 22.8 Å². The fraction of sp³-hybridized carbons (Fsp3) is 0.522. The lowest BCUT2D eigenvalue weighted by Crippen LogP contribution is -2.36. The minimum absolute atomic E-state index is 0.000238. The maximum atomic E-state index is 14.5. The predicted molar refractivity (Wildman–Crippen MR) is 124 cm³/mol. The van der Waals surface area contributed by atoms with Crippen LogP contribution >= 0.6 is 11.6 Å². The first kappa shape index (κ1) is 22.3. The first-order chi connectivity index (χ1) is 16.0. The third kappa shape index (κ3) is 4.61. The van der Waals surface area contributed by atoms with Crippen molar-refractivity contribution in [3.05, 3.63) is 35.0 Å². The highest BCUT2D eigenvalue weighted by Crippen LogP contribution is 2.36. The zero-order chi connectivity index (χ0) is 22.9. The van der Waals surface area contributed by atoms with Gasteiger partial charge in [0.1, 0.15) is 11.2 Å². The summed E-state index contributed by atoms with van der Waals surface area (Å²) < 4.78 is 36.5. The van der Waals surface area contributed by atoms with Crippen molar-refractivity contribution in [2.75, 3.05) is 23.8 Å². The van der Waals surface area contributed by atoms with E-state index in [4.69, 9.17) is 21.3 Å². The molecular formula is C23H27ClF2N6O. The summed E-state index contributed by atoms with van der Waals surface area (Å²) in [4.78, 5) is 13.8. The summed E-state index contributed by atoms with van der Waals surface area (Å²) >= 11 is 5.79. The Morgan fingerprint density at radius 3 is 2.58 bits per heavy atom. The first-order valence-corrected chi connectivity index (χ1v) is 11.9. The van der Waals surface area contributed by atoms with Gasteiger partial charge in [0.2, 0.25) is 11.9 Å². The number of nitrogens with one attached hydrogen (secondary N) is 2. The number of anilines is 3. The normalized spacial score (nSPS) is 21.9. The van der Waals surface area contributed by atoms with Crippen molar-refractivity contribution in [3.63, 3.8) is 0 Å². The van der Waals surface area contributed by atoms with Crippen LogP contribution in [0.15, 0.2) is 18.3 Å². The molecule has 2 fully saturated rings. The summed E-state index contributed by atoms with van der Waals surface area (Å²) in [6.45, 7) is 3.54. The molecule has 1 aliphatic heterocycles. The third-order valence-corrected chi connectivity index (χ3v) is 6.79. The number of fused-ring (bicyclic) bond motifs is 1. The van der Waals surface area contributed by atoms with Crippen LogP contribution in [-0.2, 0) is 4.74 Å². The van der Waals surface area contributed by atoms with Crippen LogP contribution in [0.1, 0.15) is 51.5 Å². The quantitative estimate of drug-likeness (QED) is 0.481. The molecule has 0 amide bonds. The molecular weight excluding hydrogens is 450 g/mol. The van der Waals surface area contributed by atoms with E-state index in [1.54, 1.807) is 6.20 Å². The molecule has 5 rings (SSSR count). The second kappa shape index (κ2) is 9.38. The Morgan fingerprint density at radius 1 is 1.09 bits per heavy atom. The predicted octanol–water partition coefficient (Wildman–Crippen LogP) is 5.84. The Kier molecular flexibility index (Phi) is 6.34. The molecule has 1 saturated heterocycles. The van der Waals surface area contributed by atoms with Gasteiger partial charge in [0, 0.05) is 23.7 Å². The van der Waals surface area contributed by atoms with Crippen LogP contribution in [0.25, 0.3) is 11.2 Å². The second-order valence-electron chi connectivity index (χ2n) is 8.96. The summed E-state index contributed by atoms with van der Waals surface area (Å²) in [7, 11) is 0. The van der Waals surface area contributed by atoms with Crippen LogP contribution in [0.4, 0.5) is 26.4 Å². The highest BCUT2D eigenvalue weighted by Gasteiger charge is 2.26. The zero-order valence-corrected chi connectivity index (χ0v) is 19.2. The fourth-order valence-electron chi connectivity index (χ4n) is 4.77. The van der Waals surface area contributed by atoms with E-state index < -0.39 is 11.6 Å². The summed E-state index contributed by atoms with van der Waals surface area (Å²) in [5.74, 6) is -0.334. The van der Waals surface area contributed by atoms with Crippen molar-refractivity contribution in [3.8, 4) is 0 Å². The molecule has 33 heavy (non-hydrogen) atoms. The largest absolute Gasteiger partial charge is 0.381 e. The second-order valence-corrected chi connectivity index (χ2v) is 9.40. The Morgan fingerprint density at radius 2 is 1.85 bits per heavy atom. The van der Waals surface area contributed by atoms with Crippen LogP contribution in [0.2, 0.25) is 5.02 Å². The van der Waals surface area contributed by atoms with Crippen molar-refractivity contribution in [2.24, 2.45) is 5.92 Å². The molecule has 176 valence electrons. The van der Waals surface area contributed by atoms with Crippen molar-refractivity contribution in [1.29, 1.82) is 0 Å². The van der Waals surface area contributed by atoms with Gasteiger partial charge in [-0.1, -0.05) is 37.8 Å². The molecule has 1 aliphatic carbocycles. The minimum Gasteiger partial charge on any atom is -0.381 e. The summed E-state index contributed by atoms with van der Waals surface area (Å²) in [5.41, 5.74) is 0.939. The van der Waals surface area contributed by atoms with Gasteiger partial charge in [-0.25, -0.2) is 18.7 Å². The molecule has 10 heteroatoms. The lowest BCUT2D eigenvalue weighted by atomic mass is 9.95. The summed E-state index contributed by atoms with van der Waals surface area (Å²) in [5, 5.41) is 6.31. The van der Waals surface area contributed by atoms with Gasteiger partial charge in [0.05, 0.1) is 12.8 Å². The average Bonchev–Trinajstić information content (AvgIpc) is 3.15. The molecule has 2 aromatic heterocycles. The van der Waals surface area contributed by atoms with Gasteiger partial charge in [0.25, 0.3) is 0 Å². The fourth-order valence-corrected chi connectivity index (χ4v) is 4.96. The number of hydrogen-bond donors (Lipinski definition) is 2. The van der Waals surface area contributed by atoms with Crippen LogP contribution in [0, 0.1) is 17.6 Å². The van der Waals surface area contributed by atoms with E-state index >= 15 is 0 Å². The number of benzene rings is 1. The summed E-state index contributed by atoms with van der Waals surface area (Å²) in [6.07, 6.45) is 7.80. The highest BCUT2D eigenvalue weighted by molar-refractivity contribution is 6.30. The lowest BCUT2D eigenvalue weighted by molar-refractivity contribution is 0.0536. The standard InChI is InChI=1S/C23H27ClF2N6O/c1-13-12-33-8-7-18(13)28-22-27-11-19-21(31-22)32(15-5-3-2-4-6-15)23(29-19)30-20-16(25)9-14(24)10-17(20)26/h9-11,13,15,18H,2-8,12H2,1H3,(H,29,30)(H,27,28,31)/t13-,18+/m1/s1. The molecule has 0 unspecified atom stereocenters.